The Morgan fingerprint density at radius 2 is 1.25 bits per heavy atom. The molecule has 4 heteroatoms. The van der Waals surface area contributed by atoms with Crippen molar-refractivity contribution in [1.29, 1.82) is 0 Å². The van der Waals surface area contributed by atoms with E-state index < -0.39 is 23.3 Å². The van der Waals surface area contributed by atoms with Crippen molar-refractivity contribution in [2.45, 2.75) is 45.1 Å². The normalized spacial score (nSPS) is 16.8. The third kappa shape index (κ3) is 3.06. The van der Waals surface area contributed by atoms with Crippen LogP contribution in [0.15, 0.2) is 0 Å². The highest BCUT2D eigenvalue weighted by molar-refractivity contribution is 4.91. The van der Waals surface area contributed by atoms with Crippen LogP contribution in [0.2, 0.25) is 0 Å². The summed E-state index contributed by atoms with van der Waals surface area (Å²) in [5.41, 5.74) is 2.84. The van der Waals surface area contributed by atoms with Gasteiger partial charge in [-0.3, -0.25) is 0 Å². The minimum absolute atomic E-state index is 0.773. The van der Waals surface area contributed by atoms with E-state index in [1.807, 2.05) is 0 Å². The van der Waals surface area contributed by atoms with Gasteiger partial charge in [-0.15, -0.1) is 0 Å². The van der Waals surface area contributed by atoms with Crippen molar-refractivity contribution in [2.75, 3.05) is 0 Å². The number of hydrogen-bond donors (Lipinski definition) is 4. The van der Waals surface area contributed by atoms with E-state index in [-0.39, 0.29) is 0 Å². The molecule has 0 aliphatic rings. The highest BCUT2D eigenvalue weighted by Gasteiger charge is 2.41. The van der Waals surface area contributed by atoms with Gasteiger partial charge in [0, 0.05) is 0 Å². The zero-order valence-corrected chi connectivity index (χ0v) is 8.07. The lowest BCUT2D eigenvalue weighted by Crippen LogP contribution is -2.54. The van der Waals surface area contributed by atoms with Crippen molar-refractivity contribution in [2.24, 2.45) is 11.7 Å². The molecule has 0 aromatic rings. The maximum Gasteiger partial charge on any atom is 0.110 e. The molecule has 0 spiro atoms. The molecule has 0 heterocycles. The van der Waals surface area contributed by atoms with E-state index in [2.05, 4.69) is 0 Å². The van der Waals surface area contributed by atoms with Crippen LogP contribution < -0.4 is 5.73 Å². The molecular weight excluding hydrogens is 158 g/mol. The molecule has 0 bridgehead atoms. The first kappa shape index (κ1) is 11.8. The first-order valence-corrected chi connectivity index (χ1v) is 3.95. The predicted molar refractivity (Wildman–Crippen MR) is 46.3 cm³/mol. The average Bonchev–Trinajstić information content (AvgIpc) is 1.49. The Morgan fingerprint density at radius 1 is 1.00 bits per heavy atom. The van der Waals surface area contributed by atoms with Gasteiger partial charge in [0.05, 0.1) is 17.1 Å². The van der Waals surface area contributed by atoms with Crippen molar-refractivity contribution in [1.82, 2.24) is 0 Å². The van der Waals surface area contributed by atoms with Crippen LogP contribution in [-0.2, 0) is 0 Å². The molecule has 0 radical (unpaired) electrons. The van der Waals surface area contributed by atoms with Crippen LogP contribution >= 0.6 is 0 Å². The number of rotatable bonds is 3. The number of aliphatic hydroxyl groups is 3. The van der Waals surface area contributed by atoms with Gasteiger partial charge in [0.2, 0.25) is 0 Å². The van der Waals surface area contributed by atoms with E-state index in [4.69, 9.17) is 10.8 Å². The Kier molecular flexibility index (Phi) is 3.25. The molecule has 12 heavy (non-hydrogen) atoms. The second kappa shape index (κ2) is 3.30. The van der Waals surface area contributed by atoms with E-state index in [1.165, 1.54) is 27.7 Å². The molecule has 0 aliphatic heterocycles. The van der Waals surface area contributed by atoms with E-state index in [0.717, 1.165) is 0 Å². The molecule has 0 saturated carbocycles. The highest BCUT2D eigenvalue weighted by Crippen LogP contribution is 2.29. The van der Waals surface area contributed by atoms with Gasteiger partial charge in [-0.2, -0.15) is 0 Å². The fourth-order valence-corrected chi connectivity index (χ4v) is 1.70. The summed E-state index contributed by atoms with van der Waals surface area (Å²) in [4.78, 5) is 0. The molecule has 0 saturated heterocycles. The smallest absolute Gasteiger partial charge is 0.110 e. The number of nitrogens with two attached hydrogens (primary N) is 1. The van der Waals surface area contributed by atoms with E-state index in [9.17, 15) is 10.2 Å². The van der Waals surface area contributed by atoms with Crippen LogP contribution in [0.1, 0.15) is 27.7 Å². The maximum absolute atomic E-state index is 9.58. The molecule has 0 aromatic heterocycles. The summed E-state index contributed by atoms with van der Waals surface area (Å²) in [6, 6.07) is 0. The second-order valence-electron chi connectivity index (χ2n) is 4.28. The molecule has 1 atom stereocenters. The van der Waals surface area contributed by atoms with Crippen molar-refractivity contribution in [3.63, 3.8) is 0 Å². The van der Waals surface area contributed by atoms with Gasteiger partial charge >= 0.3 is 0 Å². The topological polar surface area (TPSA) is 86.7 Å². The largest absolute Gasteiger partial charge is 0.390 e. The van der Waals surface area contributed by atoms with Gasteiger partial charge in [-0.05, 0) is 27.7 Å². The summed E-state index contributed by atoms with van der Waals surface area (Å²) >= 11 is 0. The third-order valence-electron chi connectivity index (χ3n) is 1.86. The predicted octanol–water partition coefficient (Wildman–Crippen LogP) is -0.579. The molecule has 5 N–H and O–H groups in total. The Balaban J connectivity index is 4.70. The Labute approximate surface area is 73.0 Å². The summed E-state index contributed by atoms with van der Waals surface area (Å²) in [7, 11) is 0. The van der Waals surface area contributed by atoms with Gasteiger partial charge in [0.1, 0.15) is 6.23 Å². The van der Waals surface area contributed by atoms with Crippen LogP contribution in [-0.4, -0.2) is 32.7 Å². The highest BCUT2D eigenvalue weighted by atomic mass is 16.3. The molecule has 0 rings (SSSR count). The summed E-state index contributed by atoms with van der Waals surface area (Å²) < 4.78 is 0. The fourth-order valence-electron chi connectivity index (χ4n) is 1.70. The fraction of sp³-hybridized carbons (Fsp3) is 1.00. The minimum Gasteiger partial charge on any atom is -0.390 e. The minimum atomic E-state index is -1.23. The van der Waals surface area contributed by atoms with Crippen LogP contribution in [0.25, 0.3) is 0 Å². The van der Waals surface area contributed by atoms with Crippen LogP contribution in [0, 0.1) is 5.92 Å². The summed E-state index contributed by atoms with van der Waals surface area (Å²) in [5.74, 6) is -0.773. The summed E-state index contributed by atoms with van der Waals surface area (Å²) in [5, 5.41) is 28.3. The van der Waals surface area contributed by atoms with Crippen molar-refractivity contribution < 1.29 is 15.3 Å². The molecule has 4 nitrogen and oxygen atoms in total. The molecule has 0 amide bonds. The van der Waals surface area contributed by atoms with E-state index in [0.29, 0.717) is 0 Å². The lowest BCUT2D eigenvalue weighted by Gasteiger charge is -2.39. The van der Waals surface area contributed by atoms with Crippen molar-refractivity contribution >= 4 is 0 Å². The van der Waals surface area contributed by atoms with Crippen LogP contribution in [0.5, 0.6) is 0 Å². The molecule has 74 valence electrons. The zero-order chi connectivity index (χ0) is 10.2. The molecule has 0 aliphatic carbocycles. The van der Waals surface area contributed by atoms with Gasteiger partial charge in [-0.1, -0.05) is 0 Å². The number of aliphatic hydroxyl groups excluding tert-OH is 1. The average molecular weight is 177 g/mol. The van der Waals surface area contributed by atoms with Gasteiger partial charge in [0.15, 0.2) is 0 Å². The monoisotopic (exact) mass is 177 g/mol. The van der Waals surface area contributed by atoms with Crippen LogP contribution in [0.4, 0.5) is 0 Å². The van der Waals surface area contributed by atoms with Gasteiger partial charge < -0.3 is 21.1 Å². The number of hydrogen-bond acceptors (Lipinski definition) is 4. The summed E-state index contributed by atoms with van der Waals surface area (Å²) in [6.45, 7) is 6.02. The zero-order valence-electron chi connectivity index (χ0n) is 8.07. The first-order valence-electron chi connectivity index (χ1n) is 3.95. The maximum atomic E-state index is 9.58. The van der Waals surface area contributed by atoms with E-state index in [1.54, 1.807) is 0 Å². The van der Waals surface area contributed by atoms with Crippen LogP contribution in [0.3, 0.4) is 0 Å². The quantitative estimate of drug-likeness (QED) is 0.434. The lowest BCUT2D eigenvalue weighted by atomic mass is 9.78. The molecule has 0 aromatic carbocycles. The Hall–Kier alpha value is -0.160. The van der Waals surface area contributed by atoms with Crippen molar-refractivity contribution in [3.05, 3.63) is 0 Å². The van der Waals surface area contributed by atoms with E-state index >= 15 is 0 Å². The standard InChI is InChI=1S/C8H19NO3/c1-7(2,11)5(6(9)10)8(3,4)12/h5-6,10-12H,9H2,1-4H3. The van der Waals surface area contributed by atoms with Gasteiger partial charge in [-0.25, -0.2) is 0 Å². The summed E-state index contributed by atoms with van der Waals surface area (Å²) in [6.07, 6.45) is -1.23. The Morgan fingerprint density at radius 3 is 1.25 bits per heavy atom. The first-order chi connectivity index (χ1) is 5.07. The third-order valence-corrected chi connectivity index (χ3v) is 1.86. The molecule has 0 fully saturated rings. The Bertz CT molecular complexity index is 129. The lowest BCUT2D eigenvalue weighted by molar-refractivity contribution is -0.136. The molecule has 1 unspecified atom stereocenters. The van der Waals surface area contributed by atoms with Crippen molar-refractivity contribution in [3.8, 4) is 0 Å². The van der Waals surface area contributed by atoms with Gasteiger partial charge in [0.25, 0.3) is 0 Å². The molecular formula is C8H19NO3. The SMILES string of the molecule is CC(C)(O)C(C(N)O)C(C)(C)O. The second-order valence-corrected chi connectivity index (χ2v) is 4.28.